The zero-order valence-corrected chi connectivity index (χ0v) is 7.65. The second kappa shape index (κ2) is 4.28. The molecule has 0 saturated carbocycles. The number of nitrogens with zero attached hydrogens (tertiary/aromatic N) is 1. The van der Waals surface area contributed by atoms with Crippen LogP contribution in [0.3, 0.4) is 0 Å². The van der Waals surface area contributed by atoms with E-state index in [2.05, 4.69) is 0 Å². The van der Waals surface area contributed by atoms with E-state index in [-0.39, 0.29) is 12.2 Å². The van der Waals surface area contributed by atoms with Gasteiger partial charge in [0.15, 0.2) is 6.61 Å². The summed E-state index contributed by atoms with van der Waals surface area (Å²) in [6.07, 6.45) is 0. The third kappa shape index (κ3) is 2.23. The lowest BCUT2D eigenvalue weighted by molar-refractivity contribution is 0.0695. The van der Waals surface area contributed by atoms with Crippen LogP contribution in [0.25, 0.3) is 0 Å². The molecule has 0 atom stereocenters. The van der Waals surface area contributed by atoms with Gasteiger partial charge in [0, 0.05) is 0 Å². The minimum absolute atomic E-state index is 0.0812. The molecule has 72 valence electrons. The Bertz CT molecular complexity index is 393. The Kier molecular flexibility index (Phi) is 3.08. The molecule has 0 aromatic heterocycles. The second-order valence-electron chi connectivity index (χ2n) is 2.73. The Balaban J connectivity index is 2.96. The minimum atomic E-state index is -0.995. The van der Waals surface area contributed by atoms with Gasteiger partial charge in [0.05, 0.1) is 5.56 Å². The maximum atomic E-state index is 10.7. The molecule has 0 heterocycles. The second-order valence-corrected chi connectivity index (χ2v) is 2.73. The van der Waals surface area contributed by atoms with Crippen LogP contribution in [0, 0.1) is 18.3 Å². The van der Waals surface area contributed by atoms with Crippen molar-refractivity contribution in [2.45, 2.75) is 6.92 Å². The smallest absolute Gasteiger partial charge is 0.336 e. The van der Waals surface area contributed by atoms with Crippen molar-refractivity contribution in [3.8, 4) is 11.8 Å². The highest BCUT2D eigenvalue weighted by molar-refractivity contribution is 5.89. The van der Waals surface area contributed by atoms with Gasteiger partial charge >= 0.3 is 5.97 Å². The van der Waals surface area contributed by atoms with Gasteiger partial charge < -0.3 is 9.84 Å². The number of carbonyl (C=O) groups is 1. The normalized spacial score (nSPS) is 9.14. The van der Waals surface area contributed by atoms with Crippen LogP contribution < -0.4 is 4.74 Å². The van der Waals surface area contributed by atoms with Crippen LogP contribution in [-0.2, 0) is 0 Å². The minimum Gasteiger partial charge on any atom is -0.479 e. The molecule has 0 amide bonds. The van der Waals surface area contributed by atoms with Crippen LogP contribution in [-0.4, -0.2) is 17.7 Å². The van der Waals surface area contributed by atoms with E-state index in [9.17, 15) is 4.79 Å². The Morgan fingerprint density at radius 1 is 1.64 bits per heavy atom. The van der Waals surface area contributed by atoms with E-state index in [0.717, 1.165) is 0 Å². The highest BCUT2D eigenvalue weighted by atomic mass is 16.5. The zero-order chi connectivity index (χ0) is 10.6. The average Bonchev–Trinajstić information content (AvgIpc) is 2.16. The van der Waals surface area contributed by atoms with Gasteiger partial charge in [0.2, 0.25) is 0 Å². The van der Waals surface area contributed by atoms with Gasteiger partial charge in [-0.15, -0.1) is 0 Å². The van der Waals surface area contributed by atoms with Crippen molar-refractivity contribution in [2.75, 3.05) is 6.61 Å². The van der Waals surface area contributed by atoms with Crippen molar-refractivity contribution in [3.63, 3.8) is 0 Å². The molecule has 0 fully saturated rings. The molecule has 4 nitrogen and oxygen atoms in total. The quantitative estimate of drug-likeness (QED) is 0.787. The third-order valence-electron chi connectivity index (χ3n) is 1.74. The van der Waals surface area contributed by atoms with Crippen molar-refractivity contribution in [1.82, 2.24) is 0 Å². The van der Waals surface area contributed by atoms with E-state index >= 15 is 0 Å². The van der Waals surface area contributed by atoms with Crippen LogP contribution in [0.5, 0.6) is 5.75 Å². The van der Waals surface area contributed by atoms with Gasteiger partial charge in [-0.3, -0.25) is 0 Å². The standard InChI is InChI=1S/C10H9NO3/c1-7-2-3-8(14-5-4-11)6-9(7)10(12)13/h2-3,6H,5H2,1H3,(H,12,13). The Labute approximate surface area is 81.4 Å². The largest absolute Gasteiger partial charge is 0.479 e. The van der Waals surface area contributed by atoms with Crippen molar-refractivity contribution in [2.24, 2.45) is 0 Å². The van der Waals surface area contributed by atoms with Gasteiger partial charge in [0.25, 0.3) is 0 Å². The molecule has 0 radical (unpaired) electrons. The highest BCUT2D eigenvalue weighted by Gasteiger charge is 2.07. The molecule has 0 aliphatic rings. The monoisotopic (exact) mass is 191 g/mol. The maximum absolute atomic E-state index is 10.7. The van der Waals surface area contributed by atoms with E-state index in [4.69, 9.17) is 15.1 Å². The Morgan fingerprint density at radius 2 is 2.36 bits per heavy atom. The Hall–Kier alpha value is -2.02. The summed E-state index contributed by atoms with van der Waals surface area (Å²) in [5.74, 6) is -0.598. The van der Waals surface area contributed by atoms with Gasteiger partial charge in [-0.2, -0.15) is 5.26 Å². The first-order valence-electron chi connectivity index (χ1n) is 3.99. The number of rotatable bonds is 3. The summed E-state index contributed by atoms with van der Waals surface area (Å²) in [5, 5.41) is 17.1. The van der Waals surface area contributed by atoms with E-state index in [1.807, 2.05) is 6.07 Å². The van der Waals surface area contributed by atoms with Gasteiger partial charge in [-0.05, 0) is 24.6 Å². The Morgan fingerprint density at radius 3 is 2.93 bits per heavy atom. The van der Waals surface area contributed by atoms with Crippen LogP contribution in [0.2, 0.25) is 0 Å². The summed E-state index contributed by atoms with van der Waals surface area (Å²) >= 11 is 0. The van der Waals surface area contributed by atoms with Crippen molar-refractivity contribution >= 4 is 5.97 Å². The number of nitriles is 1. The first-order valence-corrected chi connectivity index (χ1v) is 3.99. The van der Waals surface area contributed by atoms with E-state index in [1.165, 1.54) is 6.07 Å². The number of carboxylic acids is 1. The van der Waals surface area contributed by atoms with Crippen LogP contribution >= 0.6 is 0 Å². The lowest BCUT2D eigenvalue weighted by Gasteiger charge is -2.04. The lowest BCUT2D eigenvalue weighted by atomic mass is 10.1. The highest BCUT2D eigenvalue weighted by Crippen LogP contribution is 2.17. The summed E-state index contributed by atoms with van der Waals surface area (Å²) < 4.78 is 4.98. The van der Waals surface area contributed by atoms with Gasteiger partial charge in [0.1, 0.15) is 11.8 Å². The number of hydrogen-bond acceptors (Lipinski definition) is 3. The number of hydrogen-bond donors (Lipinski definition) is 1. The van der Waals surface area contributed by atoms with Crippen LogP contribution in [0.15, 0.2) is 18.2 Å². The molecular weight excluding hydrogens is 182 g/mol. The van der Waals surface area contributed by atoms with E-state index < -0.39 is 5.97 Å². The predicted molar refractivity (Wildman–Crippen MR) is 49.2 cm³/mol. The molecule has 1 rings (SSSR count). The average molecular weight is 191 g/mol. The molecule has 0 unspecified atom stereocenters. The number of benzene rings is 1. The summed E-state index contributed by atoms with van der Waals surface area (Å²) in [6, 6.07) is 6.51. The summed E-state index contributed by atoms with van der Waals surface area (Å²) in [6.45, 7) is 1.62. The third-order valence-corrected chi connectivity index (χ3v) is 1.74. The summed E-state index contributed by atoms with van der Waals surface area (Å²) in [5.41, 5.74) is 0.863. The lowest BCUT2D eigenvalue weighted by Crippen LogP contribution is -2.01. The van der Waals surface area contributed by atoms with Crippen LogP contribution in [0.4, 0.5) is 0 Å². The van der Waals surface area contributed by atoms with Gasteiger partial charge in [-0.25, -0.2) is 4.79 Å². The summed E-state index contributed by atoms with van der Waals surface area (Å²) in [4.78, 5) is 10.7. The molecule has 0 bridgehead atoms. The molecular formula is C10H9NO3. The number of aryl methyl sites for hydroxylation is 1. The van der Waals surface area contributed by atoms with Gasteiger partial charge in [-0.1, -0.05) is 6.07 Å². The van der Waals surface area contributed by atoms with E-state index in [1.54, 1.807) is 19.1 Å². The predicted octanol–water partition coefficient (Wildman–Crippen LogP) is 1.60. The van der Waals surface area contributed by atoms with Crippen LogP contribution in [0.1, 0.15) is 15.9 Å². The molecule has 14 heavy (non-hydrogen) atoms. The van der Waals surface area contributed by atoms with Crippen molar-refractivity contribution in [3.05, 3.63) is 29.3 Å². The molecule has 1 aromatic carbocycles. The topological polar surface area (TPSA) is 70.3 Å². The number of aromatic carboxylic acids is 1. The van der Waals surface area contributed by atoms with Crippen molar-refractivity contribution < 1.29 is 14.6 Å². The first-order chi connectivity index (χ1) is 6.65. The number of ether oxygens (including phenoxy) is 1. The molecule has 0 spiro atoms. The summed E-state index contributed by atoms with van der Waals surface area (Å²) in [7, 11) is 0. The molecule has 0 aliphatic heterocycles. The SMILES string of the molecule is Cc1ccc(OCC#N)cc1C(=O)O. The maximum Gasteiger partial charge on any atom is 0.336 e. The fourth-order valence-corrected chi connectivity index (χ4v) is 1.04. The fraction of sp³-hybridized carbons (Fsp3) is 0.200. The number of carboxylic acid groups (broad SMARTS) is 1. The molecule has 1 aromatic rings. The van der Waals surface area contributed by atoms with Crippen molar-refractivity contribution in [1.29, 1.82) is 5.26 Å². The molecule has 0 aliphatic carbocycles. The van der Waals surface area contributed by atoms with E-state index in [0.29, 0.717) is 11.3 Å². The first kappa shape index (κ1) is 10.1. The molecule has 4 heteroatoms. The molecule has 1 N–H and O–H groups in total. The molecule has 0 saturated heterocycles. The fourth-order valence-electron chi connectivity index (χ4n) is 1.04. The zero-order valence-electron chi connectivity index (χ0n) is 7.65.